The predicted molar refractivity (Wildman–Crippen MR) is 58.7 cm³/mol. The molecule has 0 fully saturated rings. The van der Waals surface area contributed by atoms with E-state index in [1.807, 2.05) is 0 Å². The molecule has 17 heavy (non-hydrogen) atoms. The summed E-state index contributed by atoms with van der Waals surface area (Å²) in [6.45, 7) is 1.71. The average molecular weight is 239 g/mol. The van der Waals surface area contributed by atoms with Crippen molar-refractivity contribution < 1.29 is 19.4 Å². The van der Waals surface area contributed by atoms with E-state index in [1.165, 1.54) is 19.2 Å². The van der Waals surface area contributed by atoms with E-state index in [9.17, 15) is 9.59 Å². The van der Waals surface area contributed by atoms with Crippen LogP contribution in [0, 0.1) is 0 Å². The van der Waals surface area contributed by atoms with Crippen LogP contribution in [-0.2, 0) is 9.53 Å². The molecule has 0 saturated heterocycles. The third kappa shape index (κ3) is 4.06. The molecular weight excluding hydrogens is 226 g/mol. The number of aromatic nitrogens is 2. The molecule has 1 heterocycles. The Labute approximate surface area is 97.8 Å². The second-order valence-electron chi connectivity index (χ2n) is 3.44. The molecule has 1 rings (SSSR count). The fraction of sp³-hybridized carbons (Fsp3) is 0.400. The topological polar surface area (TPSA) is 101 Å². The number of aliphatic carboxylic acids is 1. The summed E-state index contributed by atoms with van der Waals surface area (Å²) < 4.78 is 4.47. The van der Waals surface area contributed by atoms with Gasteiger partial charge in [0.25, 0.3) is 0 Å². The number of hydrogen-bond donors (Lipinski definition) is 2. The number of nitrogens with one attached hydrogen (secondary N) is 1. The molecule has 1 aromatic heterocycles. The largest absolute Gasteiger partial charge is 0.481 e. The number of nitrogens with zero attached hydrogens (tertiary/aromatic N) is 2. The Bertz CT molecular complexity index is 405. The Morgan fingerprint density at radius 3 is 2.65 bits per heavy atom. The molecule has 0 aliphatic heterocycles. The normalized spacial score (nSPS) is 11.6. The Balaban J connectivity index is 2.62. The highest BCUT2D eigenvalue weighted by molar-refractivity contribution is 5.86. The molecule has 0 bridgehead atoms. The number of carboxylic acid groups (broad SMARTS) is 1. The maximum absolute atomic E-state index is 11.1. The molecule has 0 aliphatic carbocycles. The Hall–Kier alpha value is -2.18. The highest BCUT2D eigenvalue weighted by Gasteiger charge is 2.10. The van der Waals surface area contributed by atoms with Gasteiger partial charge in [0, 0.05) is 6.04 Å². The first kappa shape index (κ1) is 12.9. The minimum Gasteiger partial charge on any atom is -0.481 e. The minimum absolute atomic E-state index is 0.0273. The number of carbonyl (C=O) groups is 2. The Morgan fingerprint density at radius 1 is 1.47 bits per heavy atom. The van der Waals surface area contributed by atoms with Gasteiger partial charge in [-0.3, -0.25) is 4.79 Å². The van der Waals surface area contributed by atoms with E-state index < -0.39 is 11.9 Å². The quantitative estimate of drug-likeness (QED) is 0.723. The summed E-state index contributed by atoms with van der Waals surface area (Å²) in [6, 6.07) is 2.72. The number of rotatable bonds is 5. The van der Waals surface area contributed by atoms with Gasteiger partial charge in [0.2, 0.25) is 0 Å². The Kier molecular flexibility index (Phi) is 4.38. The molecule has 1 atom stereocenters. The van der Waals surface area contributed by atoms with Gasteiger partial charge in [-0.1, -0.05) is 0 Å². The molecule has 7 heteroatoms. The summed E-state index contributed by atoms with van der Waals surface area (Å²) in [5.74, 6) is -1.06. The summed E-state index contributed by atoms with van der Waals surface area (Å²) in [6.07, 6.45) is -0.0273. The first-order chi connectivity index (χ1) is 8.02. The first-order valence-electron chi connectivity index (χ1n) is 4.93. The number of carbonyl (C=O) groups excluding carboxylic acids is 1. The van der Waals surface area contributed by atoms with Gasteiger partial charge in [0.1, 0.15) is 5.82 Å². The zero-order chi connectivity index (χ0) is 12.8. The number of methoxy groups -OCH3 is 1. The maximum atomic E-state index is 11.1. The zero-order valence-corrected chi connectivity index (χ0v) is 9.51. The molecule has 0 spiro atoms. The average Bonchev–Trinajstić information content (AvgIpc) is 2.28. The van der Waals surface area contributed by atoms with E-state index in [2.05, 4.69) is 20.3 Å². The van der Waals surface area contributed by atoms with Crippen LogP contribution in [0.5, 0.6) is 0 Å². The lowest BCUT2D eigenvalue weighted by molar-refractivity contribution is -0.137. The summed E-state index contributed by atoms with van der Waals surface area (Å²) >= 11 is 0. The van der Waals surface area contributed by atoms with Crippen LogP contribution in [0.25, 0.3) is 0 Å². The third-order valence-electron chi connectivity index (χ3n) is 1.93. The van der Waals surface area contributed by atoms with Gasteiger partial charge in [-0.15, -0.1) is 10.2 Å². The van der Waals surface area contributed by atoms with Crippen LogP contribution in [0.4, 0.5) is 5.82 Å². The molecule has 92 valence electrons. The minimum atomic E-state index is -0.899. The number of anilines is 1. The summed E-state index contributed by atoms with van der Waals surface area (Å²) in [5, 5.41) is 18.8. The monoisotopic (exact) mass is 239 g/mol. The van der Waals surface area contributed by atoms with Crippen LogP contribution in [-0.4, -0.2) is 40.4 Å². The molecule has 1 unspecified atom stereocenters. The maximum Gasteiger partial charge on any atom is 0.358 e. The third-order valence-corrected chi connectivity index (χ3v) is 1.93. The lowest BCUT2D eigenvalue weighted by atomic mass is 10.2. The van der Waals surface area contributed by atoms with Gasteiger partial charge in [0.05, 0.1) is 13.5 Å². The zero-order valence-electron chi connectivity index (χ0n) is 9.51. The highest BCUT2D eigenvalue weighted by Crippen LogP contribution is 2.06. The SMILES string of the molecule is COC(=O)c1ccc(NC(C)CC(=O)O)nn1. The molecule has 0 aromatic carbocycles. The van der Waals surface area contributed by atoms with E-state index in [-0.39, 0.29) is 18.2 Å². The number of hydrogen-bond acceptors (Lipinski definition) is 6. The van der Waals surface area contributed by atoms with Crippen molar-refractivity contribution in [3.8, 4) is 0 Å². The smallest absolute Gasteiger partial charge is 0.358 e. The standard InChI is InChI=1S/C10H13N3O4/c1-6(5-9(14)15)11-8-4-3-7(12-13-8)10(16)17-2/h3-4,6H,5H2,1-2H3,(H,11,13)(H,14,15). The molecule has 7 nitrogen and oxygen atoms in total. The second kappa shape index (κ2) is 5.78. The molecule has 0 amide bonds. The van der Waals surface area contributed by atoms with Crippen molar-refractivity contribution in [2.45, 2.75) is 19.4 Å². The lowest BCUT2D eigenvalue weighted by Crippen LogP contribution is -2.20. The van der Waals surface area contributed by atoms with Gasteiger partial charge in [-0.2, -0.15) is 0 Å². The second-order valence-corrected chi connectivity index (χ2v) is 3.44. The van der Waals surface area contributed by atoms with Crippen LogP contribution < -0.4 is 5.32 Å². The highest BCUT2D eigenvalue weighted by atomic mass is 16.5. The van der Waals surface area contributed by atoms with Gasteiger partial charge in [-0.05, 0) is 19.1 Å². The molecule has 0 aliphatic rings. The molecule has 1 aromatic rings. The van der Waals surface area contributed by atoms with Crippen LogP contribution >= 0.6 is 0 Å². The molecule has 2 N–H and O–H groups in total. The summed E-state index contributed by atoms with van der Waals surface area (Å²) in [7, 11) is 1.26. The predicted octanol–water partition coefficient (Wildman–Crippen LogP) is 0.538. The van der Waals surface area contributed by atoms with Crippen molar-refractivity contribution in [2.75, 3.05) is 12.4 Å². The number of carboxylic acids is 1. The molecular formula is C10H13N3O4. The van der Waals surface area contributed by atoms with E-state index in [0.29, 0.717) is 5.82 Å². The first-order valence-corrected chi connectivity index (χ1v) is 4.93. The molecule has 0 radical (unpaired) electrons. The lowest BCUT2D eigenvalue weighted by Gasteiger charge is -2.11. The van der Waals surface area contributed by atoms with Gasteiger partial charge < -0.3 is 15.2 Å². The fourth-order valence-electron chi connectivity index (χ4n) is 1.19. The van der Waals surface area contributed by atoms with Gasteiger partial charge in [-0.25, -0.2) is 4.79 Å². The van der Waals surface area contributed by atoms with Crippen LogP contribution in [0.15, 0.2) is 12.1 Å². The van der Waals surface area contributed by atoms with E-state index in [4.69, 9.17) is 5.11 Å². The number of ether oxygens (including phenoxy) is 1. The van der Waals surface area contributed by atoms with Crippen molar-refractivity contribution in [3.05, 3.63) is 17.8 Å². The van der Waals surface area contributed by atoms with Crippen molar-refractivity contribution >= 4 is 17.8 Å². The van der Waals surface area contributed by atoms with E-state index in [0.717, 1.165) is 0 Å². The van der Waals surface area contributed by atoms with Crippen LogP contribution in [0.2, 0.25) is 0 Å². The van der Waals surface area contributed by atoms with Crippen LogP contribution in [0.1, 0.15) is 23.8 Å². The van der Waals surface area contributed by atoms with Crippen molar-refractivity contribution in [1.82, 2.24) is 10.2 Å². The number of esters is 1. The van der Waals surface area contributed by atoms with E-state index >= 15 is 0 Å². The van der Waals surface area contributed by atoms with Crippen molar-refractivity contribution in [2.24, 2.45) is 0 Å². The van der Waals surface area contributed by atoms with Crippen LogP contribution in [0.3, 0.4) is 0 Å². The van der Waals surface area contributed by atoms with Gasteiger partial charge in [0.15, 0.2) is 5.69 Å². The van der Waals surface area contributed by atoms with E-state index in [1.54, 1.807) is 6.92 Å². The molecule has 0 saturated carbocycles. The summed E-state index contributed by atoms with van der Waals surface area (Å²) in [4.78, 5) is 21.5. The summed E-state index contributed by atoms with van der Waals surface area (Å²) in [5.41, 5.74) is 0.101. The van der Waals surface area contributed by atoms with Crippen molar-refractivity contribution in [3.63, 3.8) is 0 Å². The Morgan fingerprint density at radius 2 is 2.18 bits per heavy atom. The van der Waals surface area contributed by atoms with Gasteiger partial charge >= 0.3 is 11.9 Å². The fourth-order valence-corrected chi connectivity index (χ4v) is 1.19. The van der Waals surface area contributed by atoms with Crippen molar-refractivity contribution in [1.29, 1.82) is 0 Å².